The molecule has 0 unspecified atom stereocenters. The number of aryl methyl sites for hydroxylation is 1. The van der Waals surface area contributed by atoms with Crippen LogP contribution in [0, 0.1) is 6.92 Å². The van der Waals surface area contributed by atoms with Gasteiger partial charge in [-0.2, -0.15) is 8.78 Å². The summed E-state index contributed by atoms with van der Waals surface area (Å²) in [6.45, 7) is 1.64. The van der Waals surface area contributed by atoms with Gasteiger partial charge < -0.3 is 10.1 Å². The summed E-state index contributed by atoms with van der Waals surface area (Å²) in [5, 5.41) is 6.32. The van der Waals surface area contributed by atoms with Crippen LogP contribution in [-0.4, -0.2) is 104 Å². The van der Waals surface area contributed by atoms with Gasteiger partial charge in [0.05, 0.1) is 11.9 Å². The van der Waals surface area contributed by atoms with E-state index in [-0.39, 0.29) is 39.2 Å². The first-order valence-corrected chi connectivity index (χ1v) is 17.0. The predicted molar refractivity (Wildman–Crippen MR) is 163 cm³/mol. The standard InChI is InChI=1S/C31H37F2IN8O3/c1-21-19-23(7-10-25(21)29(43)39-15-17-40(18-16-39)31(44)36-12-11-34-42(2,3)4)38-27-28-37-20-26(41(28)14-13-35-27)22-5-8-24(9-6-22)45-30(32)33/h5-10,13-14,19-20,30H,11-12,15-18H2,1-4H3,(H,35,38)(H,36,44). The van der Waals surface area contributed by atoms with E-state index in [2.05, 4.69) is 46.5 Å². The quantitative estimate of drug-likeness (QED) is 0.110. The number of ether oxygens (including phenoxy) is 1. The Hall–Kier alpha value is -4.05. The molecule has 45 heavy (non-hydrogen) atoms. The number of aromatic nitrogens is 3. The molecule has 1 aliphatic heterocycles. The number of nitrogens with one attached hydrogen (secondary N) is 2. The molecule has 4 aromatic rings. The van der Waals surface area contributed by atoms with Crippen molar-refractivity contribution in [2.24, 2.45) is 0 Å². The number of benzene rings is 2. The summed E-state index contributed by atoms with van der Waals surface area (Å²) in [5.74, 6) is 0.542. The van der Waals surface area contributed by atoms with Crippen LogP contribution in [0.15, 0.2) is 61.1 Å². The van der Waals surface area contributed by atoms with Crippen molar-refractivity contribution in [1.29, 1.82) is 0 Å². The zero-order valence-electron chi connectivity index (χ0n) is 25.6. The molecule has 3 amide bonds. The second-order valence-electron chi connectivity index (χ2n) is 11.3. The number of carbonyl (C=O) groups is 2. The summed E-state index contributed by atoms with van der Waals surface area (Å²) in [6.07, 6.45) is 5.11. The molecule has 0 saturated carbocycles. The first kappa shape index (κ1) is 32.3. The van der Waals surface area contributed by atoms with Crippen molar-refractivity contribution in [1.82, 2.24) is 29.5 Å². The number of hydrogen-bond acceptors (Lipinski definition) is 6. The molecule has 2 aromatic carbocycles. The zero-order chi connectivity index (χ0) is 32.1. The molecule has 11 nitrogen and oxygen atoms in total. The molecule has 1 fully saturated rings. The average Bonchev–Trinajstić information content (AvgIpc) is 3.44. The Balaban J connectivity index is 1.20. The first-order chi connectivity index (χ1) is 21.5. The number of amides is 3. The van der Waals surface area contributed by atoms with Gasteiger partial charge in [-0.1, -0.05) is 0 Å². The van der Waals surface area contributed by atoms with Gasteiger partial charge in [0, 0.05) is 23.6 Å². The molecule has 1 aliphatic rings. The summed E-state index contributed by atoms with van der Waals surface area (Å²) < 4.78 is 33.3. The Morgan fingerprint density at radius 2 is 1.73 bits per heavy atom. The minimum absolute atomic E-state index is 0.0339. The second-order valence-corrected chi connectivity index (χ2v) is 16.0. The molecule has 2 aromatic heterocycles. The molecule has 2 N–H and O–H groups in total. The summed E-state index contributed by atoms with van der Waals surface area (Å²) >= 11 is -0.0339. The molecule has 240 valence electrons. The second kappa shape index (κ2) is 13.9. The zero-order valence-corrected chi connectivity index (χ0v) is 27.8. The Bertz CT molecular complexity index is 1650. The van der Waals surface area contributed by atoms with E-state index in [4.69, 9.17) is 0 Å². The van der Waals surface area contributed by atoms with Crippen LogP contribution >= 0.6 is 0 Å². The maximum absolute atomic E-state index is 13.4. The van der Waals surface area contributed by atoms with E-state index in [1.807, 2.05) is 23.5 Å². The number of anilines is 2. The van der Waals surface area contributed by atoms with Crippen molar-refractivity contribution in [3.8, 4) is 17.0 Å². The number of nitrogens with zero attached hydrogens (tertiary/aromatic N) is 6. The van der Waals surface area contributed by atoms with Crippen LogP contribution in [0.3, 0.4) is 0 Å². The van der Waals surface area contributed by atoms with Crippen LogP contribution in [0.1, 0.15) is 15.9 Å². The normalized spacial score (nSPS) is 13.8. The molecule has 0 aliphatic carbocycles. The number of halogens is 3. The fourth-order valence-corrected chi connectivity index (χ4v) is 6.95. The fourth-order valence-electron chi connectivity index (χ4n) is 4.99. The van der Waals surface area contributed by atoms with Crippen LogP contribution < -0.4 is 36.8 Å². The van der Waals surface area contributed by atoms with E-state index >= 15 is 0 Å². The van der Waals surface area contributed by atoms with Crippen molar-refractivity contribution < 1.29 is 47.3 Å². The average molecular weight is 735 g/mol. The summed E-state index contributed by atoms with van der Waals surface area (Å²) in [5.41, 5.74) is 4.28. The third kappa shape index (κ3) is 8.16. The van der Waals surface area contributed by atoms with E-state index in [9.17, 15) is 18.4 Å². The number of carbonyl (C=O) groups excluding carboxylic acids is 2. The topological polar surface area (TPSA) is 104 Å². The third-order valence-electron chi connectivity index (χ3n) is 7.19. The van der Waals surface area contributed by atoms with Gasteiger partial charge in [-0.15, -0.1) is 0 Å². The molecular formula is C31H37F2IN8O3. The maximum atomic E-state index is 13.4. The number of rotatable bonds is 10. The van der Waals surface area contributed by atoms with Crippen LogP contribution in [0.4, 0.5) is 25.1 Å². The van der Waals surface area contributed by atoms with Crippen molar-refractivity contribution in [3.05, 3.63) is 72.2 Å². The number of urea groups is 1. The van der Waals surface area contributed by atoms with Crippen molar-refractivity contribution in [3.63, 3.8) is 0 Å². The Kier molecular flexibility index (Phi) is 10.0. The van der Waals surface area contributed by atoms with Gasteiger partial charge in [0.1, 0.15) is 5.75 Å². The Labute approximate surface area is 271 Å². The number of fused-ring (bicyclic) bond motifs is 1. The number of quaternary nitrogens is 1. The van der Waals surface area contributed by atoms with Crippen LogP contribution in [0.25, 0.3) is 16.9 Å². The van der Waals surface area contributed by atoms with Gasteiger partial charge in [0.25, 0.3) is 0 Å². The predicted octanol–water partition coefficient (Wildman–Crippen LogP) is 1.23. The molecule has 0 spiro atoms. The van der Waals surface area contributed by atoms with E-state index in [0.717, 1.165) is 29.6 Å². The van der Waals surface area contributed by atoms with Gasteiger partial charge in [-0.3, -0.25) is 4.40 Å². The molecule has 0 bridgehead atoms. The SMILES string of the molecule is Cc1cc(Nc2nccn3c(-c4ccc(OC(F)F)cc4)cnc23)ccc1C(=O)N1CCN(C(=O)NCC[I-][N+](C)(C)C)CC1. The first-order valence-electron chi connectivity index (χ1n) is 14.5. The van der Waals surface area contributed by atoms with Gasteiger partial charge in [-0.25, -0.2) is 9.97 Å². The van der Waals surface area contributed by atoms with Gasteiger partial charge in [-0.05, 0) is 24.3 Å². The fraction of sp³-hybridized carbons (Fsp3) is 0.355. The monoisotopic (exact) mass is 734 g/mol. The number of piperazine rings is 1. The minimum atomic E-state index is -2.88. The summed E-state index contributed by atoms with van der Waals surface area (Å²) in [4.78, 5) is 38.5. The number of alkyl halides is 3. The van der Waals surface area contributed by atoms with Crippen LogP contribution in [0.5, 0.6) is 5.75 Å². The Morgan fingerprint density at radius 3 is 2.40 bits per heavy atom. The van der Waals surface area contributed by atoms with Crippen molar-refractivity contribution in [2.75, 3.05) is 63.6 Å². The van der Waals surface area contributed by atoms with Crippen molar-refractivity contribution in [2.45, 2.75) is 13.5 Å². The molecule has 3 heterocycles. The Morgan fingerprint density at radius 1 is 1.02 bits per heavy atom. The van der Waals surface area contributed by atoms with E-state index in [1.165, 1.54) is 12.1 Å². The van der Waals surface area contributed by atoms with Gasteiger partial charge in [0.15, 0.2) is 11.5 Å². The molecule has 0 radical (unpaired) electrons. The number of imidazole rings is 1. The van der Waals surface area contributed by atoms with E-state index in [0.29, 0.717) is 49.8 Å². The van der Waals surface area contributed by atoms with E-state index < -0.39 is 6.61 Å². The van der Waals surface area contributed by atoms with E-state index in [1.54, 1.807) is 46.6 Å². The molecule has 14 heteroatoms. The molecule has 0 atom stereocenters. The summed E-state index contributed by atoms with van der Waals surface area (Å²) in [7, 11) is 6.53. The van der Waals surface area contributed by atoms with Gasteiger partial charge in [0.2, 0.25) is 0 Å². The molecule has 5 rings (SSSR count). The van der Waals surface area contributed by atoms with Crippen molar-refractivity contribution >= 4 is 29.1 Å². The molecule has 1 saturated heterocycles. The summed E-state index contributed by atoms with van der Waals surface area (Å²) in [6, 6.07) is 11.8. The van der Waals surface area contributed by atoms with Crippen LogP contribution in [-0.2, 0) is 0 Å². The van der Waals surface area contributed by atoms with Crippen LogP contribution in [0.2, 0.25) is 0 Å². The van der Waals surface area contributed by atoms with Gasteiger partial charge >= 0.3 is 162 Å². The molecular weight excluding hydrogens is 697 g/mol. The number of hydrogen-bond donors (Lipinski definition) is 2. The third-order valence-corrected chi connectivity index (χ3v) is 10.3.